The summed E-state index contributed by atoms with van der Waals surface area (Å²) >= 11 is 0. The van der Waals surface area contributed by atoms with Crippen LogP contribution in [0.5, 0.6) is 0 Å². The monoisotopic (exact) mass is 332 g/mol. The highest BCUT2D eigenvalue weighted by Crippen LogP contribution is 2.21. The van der Waals surface area contributed by atoms with Crippen LogP contribution in [0.1, 0.15) is 45.9 Å². The molecule has 1 aromatic heterocycles. The van der Waals surface area contributed by atoms with E-state index in [1.165, 1.54) is 6.42 Å². The van der Waals surface area contributed by atoms with Gasteiger partial charge >= 0.3 is 6.03 Å². The van der Waals surface area contributed by atoms with Gasteiger partial charge in [-0.15, -0.1) is 0 Å². The Kier molecular flexibility index (Phi) is 6.60. The first-order valence-electron chi connectivity index (χ1n) is 9.03. The maximum Gasteiger partial charge on any atom is 0.317 e. The Bertz CT molecular complexity index is 511. The van der Waals surface area contributed by atoms with Crippen molar-refractivity contribution >= 4 is 6.03 Å². The highest BCUT2D eigenvalue weighted by Gasteiger charge is 2.24. The Balaban J connectivity index is 1.84. The van der Waals surface area contributed by atoms with Crippen molar-refractivity contribution in [3.05, 3.63) is 30.1 Å². The molecule has 0 saturated carbocycles. The van der Waals surface area contributed by atoms with E-state index in [9.17, 15) is 4.79 Å². The van der Waals surface area contributed by atoms with Gasteiger partial charge in [-0.25, -0.2) is 4.79 Å². The van der Waals surface area contributed by atoms with Crippen LogP contribution in [0, 0.1) is 11.8 Å². The molecule has 1 fully saturated rings. The van der Waals surface area contributed by atoms with Gasteiger partial charge in [0.05, 0.1) is 11.7 Å². The molecule has 0 aliphatic carbocycles. The molecule has 2 amide bonds. The standard InChI is InChI=1S/C19H32N4O/c1-14-10-15(2)12-23(11-14)13-16(3)21-19(24)22(5)17(4)18-8-6-7-9-20-18/h6-9,14-17H,10-13H2,1-5H3,(H,21,24). The fourth-order valence-corrected chi connectivity index (χ4v) is 3.68. The normalized spacial score (nSPS) is 24.2. The van der Waals surface area contributed by atoms with Gasteiger partial charge in [0.2, 0.25) is 0 Å². The number of carbonyl (C=O) groups is 1. The first-order chi connectivity index (χ1) is 11.4. The van der Waals surface area contributed by atoms with E-state index in [0.29, 0.717) is 0 Å². The smallest absolute Gasteiger partial charge is 0.317 e. The average Bonchev–Trinajstić information content (AvgIpc) is 2.53. The Morgan fingerprint density at radius 3 is 2.58 bits per heavy atom. The molecule has 4 atom stereocenters. The summed E-state index contributed by atoms with van der Waals surface area (Å²) in [6.07, 6.45) is 3.07. The van der Waals surface area contributed by atoms with Crippen LogP contribution in [0.15, 0.2) is 24.4 Å². The summed E-state index contributed by atoms with van der Waals surface area (Å²) in [6.45, 7) is 11.9. The Morgan fingerprint density at radius 1 is 1.33 bits per heavy atom. The number of pyridine rings is 1. The molecule has 5 nitrogen and oxygen atoms in total. The zero-order valence-electron chi connectivity index (χ0n) is 15.7. The minimum atomic E-state index is -0.0477. The molecule has 5 heteroatoms. The molecular formula is C19H32N4O. The topological polar surface area (TPSA) is 48.5 Å². The summed E-state index contributed by atoms with van der Waals surface area (Å²) < 4.78 is 0. The zero-order chi connectivity index (χ0) is 17.7. The number of hydrogen-bond donors (Lipinski definition) is 1. The van der Waals surface area contributed by atoms with E-state index in [1.54, 1.807) is 11.1 Å². The van der Waals surface area contributed by atoms with E-state index in [4.69, 9.17) is 0 Å². The SMILES string of the molecule is CC1CC(C)CN(CC(C)NC(=O)N(C)C(C)c2ccccn2)C1. The lowest BCUT2D eigenvalue weighted by Gasteiger charge is -2.36. The van der Waals surface area contributed by atoms with Crippen LogP contribution >= 0.6 is 0 Å². The number of urea groups is 1. The minimum Gasteiger partial charge on any atom is -0.334 e. The van der Waals surface area contributed by atoms with E-state index in [2.05, 4.69) is 36.0 Å². The molecule has 1 N–H and O–H groups in total. The number of aromatic nitrogens is 1. The molecule has 0 aromatic carbocycles. The first-order valence-corrected chi connectivity index (χ1v) is 9.03. The number of rotatable bonds is 5. The molecule has 2 heterocycles. The first kappa shape index (κ1) is 18.7. The third-order valence-electron chi connectivity index (χ3n) is 4.86. The molecular weight excluding hydrogens is 300 g/mol. The Morgan fingerprint density at radius 2 is 2.00 bits per heavy atom. The lowest BCUT2D eigenvalue weighted by Crippen LogP contribution is -2.49. The number of carbonyl (C=O) groups excluding carboxylic acids is 1. The predicted octanol–water partition coefficient (Wildman–Crippen LogP) is 3.15. The number of hydrogen-bond acceptors (Lipinski definition) is 3. The molecule has 0 spiro atoms. The molecule has 1 aliphatic rings. The number of nitrogens with one attached hydrogen (secondary N) is 1. The van der Waals surface area contributed by atoms with Crippen LogP contribution in [0.2, 0.25) is 0 Å². The summed E-state index contributed by atoms with van der Waals surface area (Å²) in [5.74, 6) is 1.48. The molecule has 2 rings (SSSR count). The van der Waals surface area contributed by atoms with Gasteiger partial charge in [0, 0.05) is 38.9 Å². The average molecular weight is 332 g/mol. The summed E-state index contributed by atoms with van der Waals surface area (Å²) in [5.41, 5.74) is 0.904. The van der Waals surface area contributed by atoms with Crippen LogP contribution < -0.4 is 5.32 Å². The van der Waals surface area contributed by atoms with Crippen LogP contribution in [0.3, 0.4) is 0 Å². The van der Waals surface area contributed by atoms with Gasteiger partial charge in [0.15, 0.2) is 0 Å². The van der Waals surface area contributed by atoms with Crippen molar-refractivity contribution < 1.29 is 4.79 Å². The molecule has 0 radical (unpaired) electrons. The maximum atomic E-state index is 12.5. The van der Waals surface area contributed by atoms with Gasteiger partial charge in [-0.1, -0.05) is 19.9 Å². The van der Waals surface area contributed by atoms with Crippen LogP contribution in [-0.2, 0) is 0 Å². The van der Waals surface area contributed by atoms with E-state index in [1.807, 2.05) is 32.2 Å². The number of nitrogens with zero attached hydrogens (tertiary/aromatic N) is 3. The number of piperidine rings is 1. The molecule has 24 heavy (non-hydrogen) atoms. The molecule has 134 valence electrons. The molecule has 4 unspecified atom stereocenters. The van der Waals surface area contributed by atoms with E-state index in [0.717, 1.165) is 37.2 Å². The molecule has 1 aromatic rings. The predicted molar refractivity (Wildman–Crippen MR) is 97.8 cm³/mol. The zero-order valence-corrected chi connectivity index (χ0v) is 15.7. The highest BCUT2D eigenvalue weighted by atomic mass is 16.2. The minimum absolute atomic E-state index is 0.0428. The second kappa shape index (κ2) is 8.47. The van der Waals surface area contributed by atoms with Crippen molar-refractivity contribution in [2.45, 2.75) is 46.2 Å². The van der Waals surface area contributed by atoms with Crippen LogP contribution in [0.25, 0.3) is 0 Å². The second-order valence-corrected chi connectivity index (χ2v) is 7.56. The van der Waals surface area contributed by atoms with Gasteiger partial charge in [-0.05, 0) is 44.2 Å². The van der Waals surface area contributed by atoms with Gasteiger partial charge in [0.1, 0.15) is 0 Å². The van der Waals surface area contributed by atoms with Crippen molar-refractivity contribution in [2.24, 2.45) is 11.8 Å². The van der Waals surface area contributed by atoms with Crippen molar-refractivity contribution in [1.29, 1.82) is 0 Å². The van der Waals surface area contributed by atoms with E-state index in [-0.39, 0.29) is 18.1 Å². The Hall–Kier alpha value is -1.62. The molecule has 1 aliphatic heterocycles. The molecule has 0 bridgehead atoms. The van der Waals surface area contributed by atoms with E-state index >= 15 is 0 Å². The second-order valence-electron chi connectivity index (χ2n) is 7.56. The van der Waals surface area contributed by atoms with Gasteiger partial charge in [-0.2, -0.15) is 0 Å². The summed E-state index contributed by atoms with van der Waals surface area (Å²) in [4.78, 5) is 21.0. The van der Waals surface area contributed by atoms with Gasteiger partial charge in [0.25, 0.3) is 0 Å². The number of amides is 2. The van der Waals surface area contributed by atoms with Crippen LogP contribution in [0.4, 0.5) is 4.79 Å². The largest absolute Gasteiger partial charge is 0.334 e. The maximum absolute atomic E-state index is 12.5. The van der Waals surface area contributed by atoms with Gasteiger partial charge < -0.3 is 15.1 Å². The summed E-state index contributed by atoms with van der Waals surface area (Å²) in [6, 6.07) is 5.83. The third-order valence-corrected chi connectivity index (χ3v) is 4.86. The van der Waals surface area contributed by atoms with Crippen molar-refractivity contribution in [2.75, 3.05) is 26.7 Å². The van der Waals surface area contributed by atoms with Crippen molar-refractivity contribution in [1.82, 2.24) is 20.1 Å². The van der Waals surface area contributed by atoms with Gasteiger partial charge in [-0.3, -0.25) is 4.98 Å². The van der Waals surface area contributed by atoms with Crippen molar-refractivity contribution in [3.63, 3.8) is 0 Å². The fourth-order valence-electron chi connectivity index (χ4n) is 3.68. The highest BCUT2D eigenvalue weighted by molar-refractivity contribution is 5.74. The van der Waals surface area contributed by atoms with Crippen LogP contribution in [-0.4, -0.2) is 53.5 Å². The van der Waals surface area contributed by atoms with E-state index < -0.39 is 0 Å². The summed E-state index contributed by atoms with van der Waals surface area (Å²) in [7, 11) is 1.83. The fraction of sp³-hybridized carbons (Fsp3) is 0.684. The lowest BCUT2D eigenvalue weighted by atomic mass is 9.92. The summed E-state index contributed by atoms with van der Waals surface area (Å²) in [5, 5.41) is 3.12. The molecule has 1 saturated heterocycles. The Labute approximate surface area is 146 Å². The quantitative estimate of drug-likeness (QED) is 0.901. The lowest BCUT2D eigenvalue weighted by molar-refractivity contribution is 0.128. The third kappa shape index (κ3) is 5.20. The number of likely N-dealkylation sites (tertiary alicyclic amines) is 1. The van der Waals surface area contributed by atoms with Crippen molar-refractivity contribution in [3.8, 4) is 0 Å².